The van der Waals surface area contributed by atoms with Crippen LogP contribution in [0, 0.1) is 0 Å². The summed E-state index contributed by atoms with van der Waals surface area (Å²) in [5.74, 6) is -0.946. The van der Waals surface area contributed by atoms with E-state index in [1.165, 1.54) is 30.3 Å². The van der Waals surface area contributed by atoms with Gasteiger partial charge in [0.05, 0.1) is 9.79 Å². The number of anilines is 1. The fraction of sp³-hybridized carbons (Fsp3) is 0.125. The summed E-state index contributed by atoms with van der Waals surface area (Å²) >= 11 is 0. The molecule has 1 atom stereocenters. The maximum atomic E-state index is 13.4. The van der Waals surface area contributed by atoms with E-state index in [9.17, 15) is 18.0 Å². The maximum Gasteiger partial charge on any atom is 0.251 e. The molecule has 0 unspecified atom stereocenters. The Balaban J connectivity index is 1.32. The molecule has 200 valence electrons. The number of hydrogen-bond donors (Lipinski definition) is 2. The third kappa shape index (κ3) is 4.26. The molecule has 0 fully saturated rings. The van der Waals surface area contributed by atoms with Gasteiger partial charge in [0.2, 0.25) is 9.84 Å². The molecular weight excluding hydrogens is 522 g/mol. The predicted molar refractivity (Wildman–Crippen MR) is 155 cm³/mol. The highest BCUT2D eigenvalue weighted by molar-refractivity contribution is 7.91. The van der Waals surface area contributed by atoms with E-state index in [0.29, 0.717) is 0 Å². The van der Waals surface area contributed by atoms with E-state index in [1.54, 1.807) is 12.1 Å². The van der Waals surface area contributed by atoms with E-state index in [1.807, 2.05) is 61.6 Å². The van der Waals surface area contributed by atoms with Gasteiger partial charge in [-0.1, -0.05) is 42.5 Å². The summed E-state index contributed by atoms with van der Waals surface area (Å²) in [4.78, 5) is 31.5. The van der Waals surface area contributed by atoms with Crippen molar-refractivity contribution in [1.29, 1.82) is 0 Å². The summed E-state index contributed by atoms with van der Waals surface area (Å²) in [6.07, 6.45) is 1.97. The number of nitrogens with zero attached hydrogens (tertiary/aromatic N) is 1. The fourth-order valence-electron chi connectivity index (χ4n) is 5.32. The van der Waals surface area contributed by atoms with Crippen LogP contribution in [0.25, 0.3) is 10.9 Å². The second-order valence-corrected chi connectivity index (χ2v) is 12.0. The largest absolute Gasteiger partial charge is 0.378 e. The van der Waals surface area contributed by atoms with Gasteiger partial charge in [-0.2, -0.15) is 0 Å². The van der Waals surface area contributed by atoms with Gasteiger partial charge in [0.25, 0.3) is 5.91 Å². The smallest absolute Gasteiger partial charge is 0.251 e. The number of para-hydroxylation sites is 1. The minimum Gasteiger partial charge on any atom is -0.378 e. The summed E-state index contributed by atoms with van der Waals surface area (Å²) in [5, 5.41) is 4.07. The molecule has 8 heteroatoms. The van der Waals surface area contributed by atoms with Crippen LogP contribution < -0.4 is 10.2 Å². The van der Waals surface area contributed by atoms with E-state index in [0.717, 1.165) is 27.7 Å². The molecule has 0 bridgehead atoms. The number of benzene rings is 4. The zero-order chi connectivity index (χ0) is 28.0. The zero-order valence-electron chi connectivity index (χ0n) is 22.0. The molecule has 4 aromatic carbocycles. The second kappa shape index (κ2) is 9.81. The molecule has 0 saturated carbocycles. The van der Waals surface area contributed by atoms with Crippen LogP contribution in [0.5, 0.6) is 0 Å². The molecule has 1 aromatic heterocycles. The molecule has 0 radical (unpaired) electrons. The van der Waals surface area contributed by atoms with Crippen LogP contribution in [-0.2, 0) is 9.84 Å². The van der Waals surface area contributed by atoms with Crippen LogP contribution in [0.4, 0.5) is 5.69 Å². The van der Waals surface area contributed by atoms with Crippen LogP contribution >= 0.6 is 0 Å². The molecule has 0 spiro atoms. The third-order valence-corrected chi connectivity index (χ3v) is 9.33. The first-order valence-electron chi connectivity index (χ1n) is 12.9. The number of amides is 1. The highest BCUT2D eigenvalue weighted by Gasteiger charge is 2.35. The van der Waals surface area contributed by atoms with Crippen LogP contribution in [-0.4, -0.2) is 45.7 Å². The Kier molecular flexibility index (Phi) is 6.27. The lowest BCUT2D eigenvalue weighted by atomic mass is 9.90. The average Bonchev–Trinajstić information content (AvgIpc) is 3.40. The maximum absolute atomic E-state index is 13.4. The first-order valence-corrected chi connectivity index (χ1v) is 14.4. The molecule has 40 heavy (non-hydrogen) atoms. The third-order valence-electron chi connectivity index (χ3n) is 7.47. The van der Waals surface area contributed by atoms with Crippen LogP contribution in [0.2, 0.25) is 0 Å². The highest BCUT2D eigenvalue weighted by atomic mass is 32.2. The number of sulfone groups is 1. The molecule has 5 aromatic rings. The monoisotopic (exact) mass is 549 g/mol. The van der Waals surface area contributed by atoms with Crippen molar-refractivity contribution in [2.24, 2.45) is 0 Å². The number of H-pyrrole nitrogens is 1. The van der Waals surface area contributed by atoms with Gasteiger partial charge in [-0.25, -0.2) is 8.42 Å². The minimum atomic E-state index is -3.94. The molecule has 0 saturated heterocycles. The standard InChI is InChI=1S/C32H27N3O4S/c1-35(2)22-14-11-20(12-15-22)26(27-19-33-28-9-5-3-7-23(27)28)18-34-32(37)21-13-16-25-30(17-21)40(38,39)29-10-6-4-8-24(29)31(25)36/h3-17,19,26,33H,18H2,1-2H3,(H,34,37)/t26-/m1/s1. The van der Waals surface area contributed by atoms with Crippen molar-refractivity contribution in [3.8, 4) is 0 Å². The lowest BCUT2D eigenvalue weighted by Gasteiger charge is -2.21. The van der Waals surface area contributed by atoms with Gasteiger partial charge >= 0.3 is 0 Å². The SMILES string of the molecule is CN(C)c1ccc([C@@H](CNC(=O)c2ccc3c(c2)S(=O)(=O)c2ccccc2C3=O)c2c[nH]c3ccccc23)cc1. The molecule has 1 aliphatic rings. The fourth-order valence-corrected chi connectivity index (χ4v) is 6.99. The van der Waals surface area contributed by atoms with Crippen molar-refractivity contribution in [3.05, 3.63) is 125 Å². The van der Waals surface area contributed by atoms with Gasteiger partial charge in [-0.3, -0.25) is 9.59 Å². The van der Waals surface area contributed by atoms with Crippen LogP contribution in [0.1, 0.15) is 43.3 Å². The lowest BCUT2D eigenvalue weighted by molar-refractivity contribution is 0.0950. The van der Waals surface area contributed by atoms with Gasteiger partial charge in [0, 0.05) is 66.0 Å². The first kappa shape index (κ1) is 25.6. The molecular formula is C32H27N3O4S. The van der Waals surface area contributed by atoms with Gasteiger partial charge < -0.3 is 15.2 Å². The number of aromatic nitrogens is 1. The van der Waals surface area contributed by atoms with E-state index in [2.05, 4.69) is 22.4 Å². The Hall–Kier alpha value is -4.69. The number of ketones is 1. The number of carbonyl (C=O) groups excluding carboxylic acids is 2. The molecule has 2 heterocycles. The lowest BCUT2D eigenvalue weighted by Crippen LogP contribution is -2.29. The van der Waals surface area contributed by atoms with E-state index in [-0.39, 0.29) is 44.7 Å². The van der Waals surface area contributed by atoms with Gasteiger partial charge in [0.1, 0.15) is 0 Å². The van der Waals surface area contributed by atoms with Crippen molar-refractivity contribution in [1.82, 2.24) is 10.3 Å². The number of hydrogen-bond acceptors (Lipinski definition) is 5. The quantitative estimate of drug-likeness (QED) is 0.299. The number of rotatable bonds is 6. The van der Waals surface area contributed by atoms with Gasteiger partial charge in [0.15, 0.2) is 5.78 Å². The molecule has 0 aliphatic carbocycles. The Morgan fingerprint density at radius 2 is 1.57 bits per heavy atom. The van der Waals surface area contributed by atoms with E-state index < -0.39 is 15.7 Å². The number of aromatic amines is 1. The highest BCUT2D eigenvalue weighted by Crippen LogP contribution is 2.35. The van der Waals surface area contributed by atoms with E-state index >= 15 is 0 Å². The molecule has 1 aliphatic heterocycles. The van der Waals surface area contributed by atoms with Crippen LogP contribution in [0.15, 0.2) is 107 Å². The number of carbonyl (C=O) groups is 2. The molecule has 2 N–H and O–H groups in total. The molecule has 1 amide bonds. The molecule has 6 rings (SSSR count). The Morgan fingerprint density at radius 3 is 2.35 bits per heavy atom. The Labute approximate surface area is 232 Å². The Bertz CT molecular complexity index is 1890. The summed E-state index contributed by atoms with van der Waals surface area (Å²) < 4.78 is 26.7. The first-order chi connectivity index (χ1) is 19.3. The number of fused-ring (bicyclic) bond motifs is 3. The zero-order valence-corrected chi connectivity index (χ0v) is 22.8. The van der Waals surface area contributed by atoms with Crippen molar-refractivity contribution >= 4 is 38.1 Å². The summed E-state index contributed by atoms with van der Waals surface area (Å²) in [6, 6.07) is 26.6. The number of nitrogens with one attached hydrogen (secondary N) is 2. The van der Waals surface area contributed by atoms with Gasteiger partial charge in [-0.05, 0) is 59.7 Å². The van der Waals surface area contributed by atoms with Crippen molar-refractivity contribution < 1.29 is 18.0 Å². The van der Waals surface area contributed by atoms with Crippen LogP contribution in [0.3, 0.4) is 0 Å². The topological polar surface area (TPSA) is 99.3 Å². The minimum absolute atomic E-state index is 0.0365. The average molecular weight is 550 g/mol. The summed E-state index contributed by atoms with van der Waals surface area (Å²) in [7, 11) is 0.0225. The second-order valence-electron chi connectivity index (χ2n) is 10.1. The molecule has 7 nitrogen and oxygen atoms in total. The van der Waals surface area contributed by atoms with Gasteiger partial charge in [-0.15, -0.1) is 0 Å². The summed E-state index contributed by atoms with van der Waals surface area (Å²) in [6.45, 7) is 0.285. The predicted octanol–water partition coefficient (Wildman–Crippen LogP) is 5.17. The van der Waals surface area contributed by atoms with Crippen molar-refractivity contribution in [2.75, 3.05) is 25.5 Å². The van der Waals surface area contributed by atoms with Crippen molar-refractivity contribution in [2.45, 2.75) is 15.7 Å². The summed E-state index contributed by atoms with van der Waals surface area (Å²) in [5.41, 5.74) is 4.55. The Morgan fingerprint density at radius 1 is 0.875 bits per heavy atom. The van der Waals surface area contributed by atoms with E-state index in [4.69, 9.17) is 0 Å². The van der Waals surface area contributed by atoms with Crippen molar-refractivity contribution in [3.63, 3.8) is 0 Å². The normalized spacial score (nSPS) is 14.3.